The van der Waals surface area contributed by atoms with Gasteiger partial charge in [0.05, 0.1) is 62.7 Å². The Kier molecular flexibility index (Phi) is 7.87. The van der Waals surface area contributed by atoms with Gasteiger partial charge in [0.1, 0.15) is 11.4 Å². The summed E-state index contributed by atoms with van der Waals surface area (Å²) in [6.45, 7) is 11.6. The second-order valence-electron chi connectivity index (χ2n) is 12.4. The number of carbonyl (C=O) groups excluding carboxylic acids is 1. The van der Waals surface area contributed by atoms with Crippen LogP contribution in [0.3, 0.4) is 0 Å². The molecule has 1 spiro atoms. The number of halogens is 1. The summed E-state index contributed by atoms with van der Waals surface area (Å²) in [5, 5.41) is 1.00. The first-order valence-corrected chi connectivity index (χ1v) is 14.5. The van der Waals surface area contributed by atoms with E-state index in [1.165, 1.54) is 6.20 Å². The normalized spacial score (nSPS) is 17.8. The van der Waals surface area contributed by atoms with Crippen LogP contribution in [0.4, 0.5) is 4.39 Å². The van der Waals surface area contributed by atoms with E-state index in [9.17, 15) is 4.79 Å². The number of hydrogen-bond donors (Lipinski definition) is 1. The molecule has 3 fully saturated rings. The summed E-state index contributed by atoms with van der Waals surface area (Å²) >= 11 is 0. The van der Waals surface area contributed by atoms with Gasteiger partial charge in [-0.05, 0) is 31.5 Å². The topological polar surface area (TPSA) is 108 Å². The Morgan fingerprint density at radius 1 is 1.02 bits per heavy atom. The summed E-state index contributed by atoms with van der Waals surface area (Å²) in [6.07, 6.45) is 3.96. The number of fused-ring (bicyclic) bond motifs is 2. The first-order chi connectivity index (χ1) is 20.7. The van der Waals surface area contributed by atoms with Crippen LogP contribution >= 0.6 is 0 Å². The van der Waals surface area contributed by atoms with E-state index in [-0.39, 0.29) is 17.1 Å². The Morgan fingerprint density at radius 3 is 2.42 bits per heavy atom. The third-order valence-electron chi connectivity index (χ3n) is 7.90. The Balaban J connectivity index is 0.000000491. The highest BCUT2D eigenvalue weighted by Crippen LogP contribution is 2.39. The predicted octanol–water partition coefficient (Wildman–Crippen LogP) is 5.42. The summed E-state index contributed by atoms with van der Waals surface area (Å²) in [5.74, 6) is 1.08. The fraction of sp³-hybridized carbons (Fsp3) is 0.469. The van der Waals surface area contributed by atoms with Crippen LogP contribution in [0.25, 0.3) is 21.9 Å². The summed E-state index contributed by atoms with van der Waals surface area (Å²) < 4.78 is 42.7. The van der Waals surface area contributed by atoms with Gasteiger partial charge in [0, 0.05) is 48.3 Å². The van der Waals surface area contributed by atoms with E-state index in [0.717, 1.165) is 45.2 Å². The first-order valence-electron chi connectivity index (χ1n) is 14.5. The molecule has 6 heterocycles. The summed E-state index contributed by atoms with van der Waals surface area (Å²) in [5.41, 5.74) is 2.60. The average Bonchev–Trinajstić information content (AvgIpc) is 3.31. The molecule has 1 N–H and O–H groups in total. The van der Waals surface area contributed by atoms with Crippen LogP contribution in [0.15, 0.2) is 36.7 Å². The van der Waals surface area contributed by atoms with Gasteiger partial charge in [0.15, 0.2) is 23.1 Å². The SMILES string of the molecule is CC1(C)COC1.COc1cc2c(Oc3cnc4[nH]c(C)cc4c3F)ccnc2cc1OCCCC(=O)N1CC2(COC2)C1. The van der Waals surface area contributed by atoms with Crippen molar-refractivity contribution in [1.29, 1.82) is 0 Å². The highest BCUT2D eigenvalue weighted by Gasteiger charge is 2.50. The largest absolute Gasteiger partial charge is 0.493 e. The number of aromatic nitrogens is 3. The number of amides is 1. The minimum atomic E-state index is -0.491. The number of methoxy groups -OCH3 is 1. The van der Waals surface area contributed by atoms with E-state index < -0.39 is 5.82 Å². The van der Waals surface area contributed by atoms with Gasteiger partial charge in [0.25, 0.3) is 0 Å². The van der Waals surface area contributed by atoms with Crippen LogP contribution in [-0.4, -0.2) is 79.0 Å². The number of rotatable bonds is 8. The zero-order chi connectivity index (χ0) is 30.2. The van der Waals surface area contributed by atoms with E-state index in [4.69, 9.17) is 23.7 Å². The fourth-order valence-corrected chi connectivity index (χ4v) is 5.42. The number of pyridine rings is 2. The number of nitrogens with one attached hydrogen (secondary N) is 1. The molecular weight excluding hydrogens is 555 g/mol. The van der Waals surface area contributed by atoms with Gasteiger partial charge in [-0.25, -0.2) is 9.37 Å². The first kappa shape index (κ1) is 29.1. The maximum atomic E-state index is 15.1. The lowest BCUT2D eigenvalue weighted by Gasteiger charge is -2.55. The van der Waals surface area contributed by atoms with Gasteiger partial charge >= 0.3 is 0 Å². The Bertz CT molecular complexity index is 1640. The van der Waals surface area contributed by atoms with Crippen molar-refractivity contribution in [3.63, 3.8) is 0 Å². The molecule has 1 aromatic carbocycles. The number of H-pyrrole nitrogens is 1. The molecule has 0 aliphatic carbocycles. The van der Waals surface area contributed by atoms with Crippen molar-refractivity contribution < 1.29 is 32.9 Å². The number of carbonyl (C=O) groups is 1. The standard InChI is InChI=1S/C27H27FN4O5.C5H10O/c1-16-8-18-25(28)23(11-30-26(18)31-16)37-20-5-6-29-19-10-22(21(34-2)9-17(19)20)36-7-3-4-24(33)32-12-27(13-32)14-35-15-27;1-5(2)3-6-4-5/h5-6,8-11H,3-4,7,12-15H2,1-2H3,(H,30,31);3-4H2,1-2H3. The average molecular weight is 593 g/mol. The second kappa shape index (κ2) is 11.6. The smallest absolute Gasteiger partial charge is 0.222 e. The molecule has 228 valence electrons. The van der Waals surface area contributed by atoms with Crippen LogP contribution < -0.4 is 14.2 Å². The number of benzene rings is 1. The van der Waals surface area contributed by atoms with Crippen molar-refractivity contribution >= 4 is 27.8 Å². The second-order valence-corrected chi connectivity index (χ2v) is 12.4. The van der Waals surface area contributed by atoms with Gasteiger partial charge < -0.3 is 33.6 Å². The summed E-state index contributed by atoms with van der Waals surface area (Å²) in [4.78, 5) is 26.0. The lowest BCUT2D eigenvalue weighted by atomic mass is 9.78. The molecule has 3 aromatic heterocycles. The van der Waals surface area contributed by atoms with Crippen molar-refractivity contribution in [3.05, 3.63) is 48.2 Å². The van der Waals surface area contributed by atoms with E-state index >= 15 is 4.39 Å². The summed E-state index contributed by atoms with van der Waals surface area (Å²) in [6, 6.07) is 6.86. The number of aromatic amines is 1. The van der Waals surface area contributed by atoms with Crippen LogP contribution in [0, 0.1) is 23.6 Å². The van der Waals surface area contributed by atoms with Gasteiger partial charge in [0.2, 0.25) is 5.91 Å². The number of likely N-dealkylation sites (tertiary alicyclic amines) is 1. The molecule has 1 amide bonds. The van der Waals surface area contributed by atoms with Crippen molar-refractivity contribution in [1.82, 2.24) is 19.9 Å². The fourth-order valence-electron chi connectivity index (χ4n) is 5.42. The molecule has 10 nitrogen and oxygen atoms in total. The molecule has 7 rings (SSSR count). The minimum absolute atomic E-state index is 0.0147. The minimum Gasteiger partial charge on any atom is -0.493 e. The quantitative estimate of drug-likeness (QED) is 0.270. The predicted molar refractivity (Wildman–Crippen MR) is 158 cm³/mol. The molecule has 11 heteroatoms. The Labute approximate surface area is 249 Å². The highest BCUT2D eigenvalue weighted by molar-refractivity contribution is 5.88. The molecule has 3 saturated heterocycles. The molecule has 0 bridgehead atoms. The molecule has 0 saturated carbocycles. The molecule has 0 atom stereocenters. The molecule has 43 heavy (non-hydrogen) atoms. The van der Waals surface area contributed by atoms with Gasteiger partial charge in [-0.15, -0.1) is 0 Å². The highest BCUT2D eigenvalue weighted by atomic mass is 19.1. The maximum Gasteiger partial charge on any atom is 0.222 e. The van der Waals surface area contributed by atoms with E-state index in [2.05, 4.69) is 28.8 Å². The molecular formula is C32H37FN4O6. The van der Waals surface area contributed by atoms with Crippen molar-refractivity contribution in [2.24, 2.45) is 10.8 Å². The number of nitrogens with zero attached hydrogens (tertiary/aromatic N) is 3. The monoisotopic (exact) mass is 592 g/mol. The third kappa shape index (κ3) is 6.09. The van der Waals surface area contributed by atoms with Crippen LogP contribution in [-0.2, 0) is 14.3 Å². The number of ether oxygens (including phenoxy) is 5. The van der Waals surface area contributed by atoms with Crippen molar-refractivity contribution in [2.45, 2.75) is 33.6 Å². The van der Waals surface area contributed by atoms with Crippen LogP contribution in [0.1, 0.15) is 32.4 Å². The zero-order valence-electron chi connectivity index (χ0n) is 25.0. The summed E-state index contributed by atoms with van der Waals surface area (Å²) in [7, 11) is 1.55. The van der Waals surface area contributed by atoms with Gasteiger partial charge in [-0.3, -0.25) is 9.78 Å². The van der Waals surface area contributed by atoms with Gasteiger partial charge in [-0.2, -0.15) is 0 Å². The lowest BCUT2D eigenvalue weighted by Crippen LogP contribution is -2.67. The van der Waals surface area contributed by atoms with Crippen molar-refractivity contribution in [3.8, 4) is 23.0 Å². The van der Waals surface area contributed by atoms with Gasteiger partial charge in [-0.1, -0.05) is 13.8 Å². The number of aryl methyl sites for hydroxylation is 1. The maximum absolute atomic E-state index is 15.1. The molecule has 0 radical (unpaired) electrons. The lowest BCUT2D eigenvalue weighted by molar-refractivity contribution is -0.195. The molecule has 0 unspecified atom stereocenters. The third-order valence-corrected chi connectivity index (χ3v) is 7.90. The number of hydrogen-bond acceptors (Lipinski definition) is 8. The Hall–Kier alpha value is -3.96. The molecule has 3 aliphatic rings. The Morgan fingerprint density at radius 2 is 1.77 bits per heavy atom. The molecule has 3 aliphatic heterocycles. The van der Waals surface area contributed by atoms with E-state index in [0.29, 0.717) is 64.0 Å². The van der Waals surface area contributed by atoms with Crippen LogP contribution in [0.2, 0.25) is 0 Å². The van der Waals surface area contributed by atoms with Crippen molar-refractivity contribution in [2.75, 3.05) is 53.2 Å². The van der Waals surface area contributed by atoms with E-state index in [1.807, 2.05) is 11.8 Å². The van der Waals surface area contributed by atoms with Crippen LogP contribution in [0.5, 0.6) is 23.0 Å². The zero-order valence-corrected chi connectivity index (χ0v) is 25.0. The van der Waals surface area contributed by atoms with E-state index in [1.54, 1.807) is 37.6 Å². The molecule has 4 aromatic rings.